The molecule has 1 unspecified atom stereocenters. The van der Waals surface area contributed by atoms with Gasteiger partial charge >= 0.3 is 0 Å². The standard InChI is InChI=1S/C12H25N3O2S/c1-18(16,17)15-9-7-14(8-10-15)11-12-5-3-2-4-6-13-12/h12-13H,2-11H2,1H3. The minimum atomic E-state index is -3.00. The SMILES string of the molecule is CS(=O)(=O)N1CCN(CC2CCCCCN2)CC1. The molecule has 2 fully saturated rings. The van der Waals surface area contributed by atoms with Crippen LogP contribution >= 0.6 is 0 Å². The Morgan fingerprint density at radius 2 is 1.83 bits per heavy atom. The van der Waals surface area contributed by atoms with E-state index in [1.54, 1.807) is 4.31 Å². The first-order chi connectivity index (χ1) is 8.55. The van der Waals surface area contributed by atoms with Crippen molar-refractivity contribution in [2.45, 2.75) is 31.7 Å². The van der Waals surface area contributed by atoms with Gasteiger partial charge in [-0.3, -0.25) is 4.90 Å². The molecule has 106 valence electrons. The molecular weight excluding hydrogens is 250 g/mol. The largest absolute Gasteiger partial charge is 0.313 e. The summed E-state index contributed by atoms with van der Waals surface area (Å²) in [6, 6.07) is 0.595. The molecule has 2 rings (SSSR count). The van der Waals surface area contributed by atoms with Crippen molar-refractivity contribution in [3.63, 3.8) is 0 Å². The second-order valence-electron chi connectivity index (χ2n) is 5.46. The summed E-state index contributed by atoms with van der Waals surface area (Å²) in [5.74, 6) is 0. The predicted molar refractivity (Wildman–Crippen MR) is 73.1 cm³/mol. The first-order valence-electron chi connectivity index (χ1n) is 6.96. The Morgan fingerprint density at radius 1 is 1.11 bits per heavy atom. The van der Waals surface area contributed by atoms with Gasteiger partial charge in [0.25, 0.3) is 0 Å². The average molecular weight is 275 g/mol. The van der Waals surface area contributed by atoms with E-state index in [0.717, 1.165) is 26.2 Å². The Balaban J connectivity index is 1.76. The molecule has 0 aromatic rings. The molecule has 0 aliphatic carbocycles. The summed E-state index contributed by atoms with van der Waals surface area (Å²) in [7, 11) is -3.00. The summed E-state index contributed by atoms with van der Waals surface area (Å²) < 4.78 is 24.4. The lowest BCUT2D eigenvalue weighted by Crippen LogP contribution is -2.51. The summed E-state index contributed by atoms with van der Waals surface area (Å²) in [5.41, 5.74) is 0. The first-order valence-corrected chi connectivity index (χ1v) is 8.81. The molecular formula is C12H25N3O2S. The molecule has 18 heavy (non-hydrogen) atoms. The van der Waals surface area contributed by atoms with Crippen LogP contribution in [-0.2, 0) is 10.0 Å². The van der Waals surface area contributed by atoms with E-state index >= 15 is 0 Å². The average Bonchev–Trinajstić information content (AvgIpc) is 2.57. The van der Waals surface area contributed by atoms with E-state index in [-0.39, 0.29) is 0 Å². The van der Waals surface area contributed by atoms with E-state index in [4.69, 9.17) is 0 Å². The molecule has 1 N–H and O–H groups in total. The van der Waals surface area contributed by atoms with Crippen molar-refractivity contribution in [3.8, 4) is 0 Å². The third kappa shape index (κ3) is 4.19. The van der Waals surface area contributed by atoms with Gasteiger partial charge in [-0.05, 0) is 19.4 Å². The number of rotatable bonds is 3. The summed E-state index contributed by atoms with van der Waals surface area (Å²) in [4.78, 5) is 2.39. The van der Waals surface area contributed by atoms with Gasteiger partial charge in [-0.2, -0.15) is 4.31 Å². The van der Waals surface area contributed by atoms with Gasteiger partial charge in [0.1, 0.15) is 0 Å². The van der Waals surface area contributed by atoms with Gasteiger partial charge in [-0.25, -0.2) is 8.42 Å². The van der Waals surface area contributed by atoms with Crippen LogP contribution in [0.15, 0.2) is 0 Å². The van der Waals surface area contributed by atoms with Crippen LogP contribution in [0.4, 0.5) is 0 Å². The number of nitrogens with zero attached hydrogens (tertiary/aromatic N) is 2. The van der Waals surface area contributed by atoms with Crippen LogP contribution in [0.1, 0.15) is 25.7 Å². The molecule has 2 aliphatic rings. The maximum atomic E-state index is 11.4. The third-order valence-corrected chi connectivity index (χ3v) is 5.24. The lowest BCUT2D eigenvalue weighted by atomic mass is 10.1. The summed E-state index contributed by atoms with van der Waals surface area (Å²) in [5, 5.41) is 3.60. The second kappa shape index (κ2) is 6.32. The zero-order valence-electron chi connectivity index (χ0n) is 11.3. The zero-order chi connectivity index (χ0) is 13.0. The van der Waals surface area contributed by atoms with Gasteiger partial charge < -0.3 is 5.32 Å². The Hall–Kier alpha value is -0.170. The smallest absolute Gasteiger partial charge is 0.211 e. The number of hydrogen-bond donors (Lipinski definition) is 1. The Morgan fingerprint density at radius 3 is 2.50 bits per heavy atom. The van der Waals surface area contributed by atoms with Gasteiger partial charge in [0.05, 0.1) is 6.26 Å². The van der Waals surface area contributed by atoms with E-state index in [0.29, 0.717) is 19.1 Å². The topological polar surface area (TPSA) is 52.7 Å². The van der Waals surface area contributed by atoms with Crippen molar-refractivity contribution in [1.82, 2.24) is 14.5 Å². The molecule has 0 amide bonds. The van der Waals surface area contributed by atoms with Crippen LogP contribution in [0, 0.1) is 0 Å². The highest BCUT2D eigenvalue weighted by Crippen LogP contribution is 2.12. The van der Waals surface area contributed by atoms with Gasteiger partial charge in [0.2, 0.25) is 10.0 Å². The molecule has 2 heterocycles. The highest BCUT2D eigenvalue weighted by atomic mass is 32.2. The summed E-state index contributed by atoms with van der Waals surface area (Å²) in [6.07, 6.45) is 6.51. The van der Waals surface area contributed by atoms with Crippen LogP contribution in [0.2, 0.25) is 0 Å². The van der Waals surface area contributed by atoms with Crippen LogP contribution in [0.3, 0.4) is 0 Å². The third-order valence-electron chi connectivity index (χ3n) is 3.94. The molecule has 2 saturated heterocycles. The van der Waals surface area contributed by atoms with E-state index < -0.39 is 10.0 Å². The van der Waals surface area contributed by atoms with Gasteiger partial charge in [0.15, 0.2) is 0 Å². The van der Waals surface area contributed by atoms with E-state index in [1.165, 1.54) is 31.9 Å². The Bertz CT molecular complexity index is 342. The lowest BCUT2D eigenvalue weighted by Gasteiger charge is -2.35. The molecule has 6 heteroatoms. The quantitative estimate of drug-likeness (QED) is 0.793. The molecule has 0 saturated carbocycles. The summed E-state index contributed by atoms with van der Waals surface area (Å²) in [6.45, 7) is 5.22. The molecule has 0 spiro atoms. The molecule has 2 aliphatic heterocycles. The van der Waals surface area contributed by atoms with Crippen LogP contribution in [0.5, 0.6) is 0 Å². The fourth-order valence-corrected chi connectivity index (χ4v) is 3.64. The van der Waals surface area contributed by atoms with E-state index in [2.05, 4.69) is 10.2 Å². The van der Waals surface area contributed by atoms with Crippen LogP contribution in [-0.4, -0.2) is 69.2 Å². The van der Waals surface area contributed by atoms with Crippen molar-refractivity contribution in [3.05, 3.63) is 0 Å². The monoisotopic (exact) mass is 275 g/mol. The minimum Gasteiger partial charge on any atom is -0.313 e. The molecule has 5 nitrogen and oxygen atoms in total. The van der Waals surface area contributed by atoms with Crippen molar-refractivity contribution in [2.75, 3.05) is 45.5 Å². The minimum absolute atomic E-state index is 0.595. The van der Waals surface area contributed by atoms with Crippen molar-refractivity contribution in [1.29, 1.82) is 0 Å². The van der Waals surface area contributed by atoms with Gasteiger partial charge in [0, 0.05) is 38.8 Å². The second-order valence-corrected chi connectivity index (χ2v) is 7.45. The van der Waals surface area contributed by atoms with Crippen molar-refractivity contribution >= 4 is 10.0 Å². The Kier molecular flexibility index (Phi) is 5.00. The van der Waals surface area contributed by atoms with Gasteiger partial charge in [-0.1, -0.05) is 12.8 Å². The molecule has 1 atom stereocenters. The fourth-order valence-electron chi connectivity index (χ4n) is 2.81. The number of nitrogens with one attached hydrogen (secondary N) is 1. The molecule has 0 aromatic carbocycles. The number of sulfonamides is 1. The highest BCUT2D eigenvalue weighted by Gasteiger charge is 2.24. The predicted octanol–water partition coefficient (Wildman–Crippen LogP) is 0.0958. The molecule has 0 radical (unpaired) electrons. The van der Waals surface area contributed by atoms with E-state index in [1.807, 2.05) is 0 Å². The zero-order valence-corrected chi connectivity index (χ0v) is 12.1. The molecule has 0 aromatic heterocycles. The van der Waals surface area contributed by atoms with Gasteiger partial charge in [-0.15, -0.1) is 0 Å². The van der Waals surface area contributed by atoms with E-state index in [9.17, 15) is 8.42 Å². The number of hydrogen-bond acceptors (Lipinski definition) is 4. The normalized spacial score (nSPS) is 29.1. The fraction of sp³-hybridized carbons (Fsp3) is 1.00. The molecule has 0 bridgehead atoms. The van der Waals surface area contributed by atoms with Crippen LogP contribution < -0.4 is 5.32 Å². The maximum Gasteiger partial charge on any atom is 0.211 e. The Labute approximate surface area is 111 Å². The summed E-state index contributed by atoms with van der Waals surface area (Å²) >= 11 is 0. The number of piperazine rings is 1. The van der Waals surface area contributed by atoms with Crippen molar-refractivity contribution in [2.24, 2.45) is 0 Å². The maximum absolute atomic E-state index is 11.4. The highest BCUT2D eigenvalue weighted by molar-refractivity contribution is 7.88. The first kappa shape index (κ1) is 14.2. The van der Waals surface area contributed by atoms with Crippen molar-refractivity contribution < 1.29 is 8.42 Å². The van der Waals surface area contributed by atoms with Crippen LogP contribution in [0.25, 0.3) is 0 Å². The lowest BCUT2D eigenvalue weighted by molar-refractivity contribution is 0.171.